The molecule has 29 heavy (non-hydrogen) atoms. The second kappa shape index (κ2) is 7.14. The highest BCUT2D eigenvalue weighted by atomic mass is 32.2. The summed E-state index contributed by atoms with van der Waals surface area (Å²) >= 11 is 0. The molecule has 0 radical (unpaired) electrons. The Morgan fingerprint density at radius 3 is 2.48 bits per heavy atom. The zero-order chi connectivity index (χ0) is 20.1. The Morgan fingerprint density at radius 1 is 1.03 bits per heavy atom. The summed E-state index contributed by atoms with van der Waals surface area (Å²) < 4.78 is 48.3. The van der Waals surface area contributed by atoms with E-state index in [1.54, 1.807) is 20.7 Å². The molecule has 9 heteroatoms. The minimum Gasteiger partial charge on any atom is -0.420 e. The van der Waals surface area contributed by atoms with E-state index < -0.39 is 10.2 Å². The lowest BCUT2D eigenvalue weighted by atomic mass is 9.92. The first-order valence-corrected chi connectivity index (χ1v) is 11.7. The van der Waals surface area contributed by atoms with Crippen molar-refractivity contribution < 1.29 is 17.2 Å². The van der Waals surface area contributed by atoms with E-state index in [2.05, 4.69) is 10.2 Å². The van der Waals surface area contributed by atoms with Crippen LogP contribution in [0, 0.1) is 11.2 Å². The van der Waals surface area contributed by atoms with Crippen LogP contribution in [-0.2, 0) is 10.2 Å². The second-order valence-electron chi connectivity index (χ2n) is 8.44. The maximum absolute atomic E-state index is 13.4. The van der Waals surface area contributed by atoms with Crippen molar-refractivity contribution in [1.29, 1.82) is 0 Å². The molecule has 1 aromatic carbocycles. The molecule has 3 heterocycles. The van der Waals surface area contributed by atoms with Crippen LogP contribution in [0.1, 0.15) is 50.3 Å². The monoisotopic (exact) mass is 420 g/mol. The number of hydrogen-bond acceptors (Lipinski definition) is 5. The molecule has 2 saturated heterocycles. The average molecular weight is 421 g/mol. The fraction of sp³-hybridized carbons (Fsp3) is 0.600. The number of benzene rings is 1. The molecule has 0 unspecified atom stereocenters. The van der Waals surface area contributed by atoms with Gasteiger partial charge in [-0.3, -0.25) is 0 Å². The normalized spacial score (nSPS) is 25.3. The molecular weight excluding hydrogens is 395 g/mol. The summed E-state index contributed by atoms with van der Waals surface area (Å²) in [4.78, 5) is 0. The maximum Gasteiger partial charge on any atom is 0.281 e. The Morgan fingerprint density at radius 2 is 1.76 bits per heavy atom. The van der Waals surface area contributed by atoms with Crippen LogP contribution >= 0.6 is 0 Å². The minimum absolute atomic E-state index is 0.0552. The first kappa shape index (κ1) is 19.1. The van der Waals surface area contributed by atoms with Gasteiger partial charge in [0.25, 0.3) is 10.2 Å². The molecule has 0 amide bonds. The van der Waals surface area contributed by atoms with Crippen LogP contribution in [0.5, 0.6) is 0 Å². The number of halogens is 1. The lowest BCUT2D eigenvalue weighted by Crippen LogP contribution is -2.49. The summed E-state index contributed by atoms with van der Waals surface area (Å²) in [6.45, 7) is 2.36. The van der Waals surface area contributed by atoms with Crippen LogP contribution in [0.2, 0.25) is 0 Å². The zero-order valence-electron chi connectivity index (χ0n) is 16.3. The van der Waals surface area contributed by atoms with E-state index in [1.807, 2.05) is 0 Å². The Balaban J connectivity index is 1.24. The highest BCUT2D eigenvalue weighted by Crippen LogP contribution is 2.64. The smallest absolute Gasteiger partial charge is 0.281 e. The van der Waals surface area contributed by atoms with Crippen molar-refractivity contribution in [2.24, 2.45) is 5.41 Å². The Bertz CT molecular complexity index is 995. The maximum atomic E-state index is 13.4. The minimum atomic E-state index is -3.35. The molecule has 2 aromatic rings. The van der Waals surface area contributed by atoms with Gasteiger partial charge in [-0.15, -0.1) is 10.2 Å². The average Bonchev–Trinajstić information content (AvgIpc) is 3.20. The van der Waals surface area contributed by atoms with E-state index in [-0.39, 0.29) is 17.2 Å². The van der Waals surface area contributed by atoms with Crippen molar-refractivity contribution >= 4 is 10.2 Å². The molecule has 3 aliphatic rings. The first-order chi connectivity index (χ1) is 14.0. The van der Waals surface area contributed by atoms with E-state index in [4.69, 9.17) is 4.42 Å². The van der Waals surface area contributed by atoms with E-state index in [0.717, 1.165) is 38.5 Å². The standard InChI is InChI=1S/C20H25FN4O3S/c21-16-6-4-5-15(13-16)18-22-23-19(28-18)17-14-20(17)7-11-25(12-8-20)29(26,27)24-9-2-1-3-10-24/h4-6,13,17H,1-3,7-12,14H2/t17-/m0/s1. The largest absolute Gasteiger partial charge is 0.420 e. The number of nitrogens with zero attached hydrogens (tertiary/aromatic N) is 4. The number of piperidine rings is 2. The van der Waals surface area contributed by atoms with Crippen molar-refractivity contribution in [3.8, 4) is 11.5 Å². The van der Waals surface area contributed by atoms with Crippen LogP contribution in [0.3, 0.4) is 0 Å². The third-order valence-electron chi connectivity index (χ3n) is 6.69. The fourth-order valence-electron chi connectivity index (χ4n) is 4.78. The fourth-order valence-corrected chi connectivity index (χ4v) is 6.47. The lowest BCUT2D eigenvalue weighted by molar-refractivity contribution is 0.225. The van der Waals surface area contributed by atoms with Crippen LogP contribution in [0.15, 0.2) is 28.7 Å². The predicted molar refractivity (Wildman–Crippen MR) is 105 cm³/mol. The number of aromatic nitrogens is 2. The van der Waals surface area contributed by atoms with Gasteiger partial charge in [0, 0.05) is 37.7 Å². The van der Waals surface area contributed by atoms with Gasteiger partial charge in [0.2, 0.25) is 11.8 Å². The van der Waals surface area contributed by atoms with Gasteiger partial charge in [0.1, 0.15) is 5.82 Å². The van der Waals surface area contributed by atoms with Crippen molar-refractivity contribution in [3.05, 3.63) is 36.0 Å². The van der Waals surface area contributed by atoms with Gasteiger partial charge in [0.15, 0.2) is 0 Å². The van der Waals surface area contributed by atoms with Crippen molar-refractivity contribution in [1.82, 2.24) is 18.8 Å². The molecule has 0 N–H and O–H groups in total. The van der Waals surface area contributed by atoms with Gasteiger partial charge in [-0.25, -0.2) is 4.39 Å². The van der Waals surface area contributed by atoms with Crippen molar-refractivity contribution in [2.45, 2.75) is 44.4 Å². The molecule has 1 aromatic heterocycles. The van der Waals surface area contributed by atoms with E-state index in [9.17, 15) is 12.8 Å². The number of hydrogen-bond donors (Lipinski definition) is 0. The Hall–Kier alpha value is -1.84. The topological polar surface area (TPSA) is 79.5 Å². The van der Waals surface area contributed by atoms with Gasteiger partial charge in [-0.1, -0.05) is 12.5 Å². The Labute approximate surface area is 170 Å². The SMILES string of the molecule is O=S(=O)(N1CCCCC1)N1CCC2(CC1)C[C@H]2c1nnc(-c2cccc(F)c2)o1. The highest BCUT2D eigenvalue weighted by Gasteiger charge is 2.59. The zero-order valence-corrected chi connectivity index (χ0v) is 17.1. The third kappa shape index (κ3) is 3.49. The van der Waals surface area contributed by atoms with Crippen molar-refractivity contribution in [2.75, 3.05) is 26.2 Å². The van der Waals surface area contributed by atoms with E-state index >= 15 is 0 Å². The molecule has 3 fully saturated rings. The summed E-state index contributed by atoms with van der Waals surface area (Å²) in [5.74, 6) is 0.729. The molecule has 156 valence electrons. The van der Waals surface area contributed by atoms with Gasteiger partial charge in [0.05, 0.1) is 0 Å². The van der Waals surface area contributed by atoms with E-state index in [0.29, 0.717) is 43.5 Å². The van der Waals surface area contributed by atoms with Crippen molar-refractivity contribution in [3.63, 3.8) is 0 Å². The summed E-state index contributed by atoms with van der Waals surface area (Å²) in [6.07, 6.45) is 5.56. The summed E-state index contributed by atoms with van der Waals surface area (Å²) in [5.41, 5.74) is 0.625. The molecule has 5 rings (SSSR count). The number of rotatable bonds is 4. The Kier molecular flexibility index (Phi) is 4.71. The van der Waals surface area contributed by atoms with E-state index in [1.165, 1.54) is 12.1 Å². The first-order valence-electron chi connectivity index (χ1n) is 10.3. The summed E-state index contributed by atoms with van der Waals surface area (Å²) in [7, 11) is -3.35. The second-order valence-corrected chi connectivity index (χ2v) is 10.4. The lowest BCUT2D eigenvalue weighted by Gasteiger charge is -2.36. The molecule has 0 bridgehead atoms. The quantitative estimate of drug-likeness (QED) is 0.759. The van der Waals surface area contributed by atoms with Gasteiger partial charge < -0.3 is 4.42 Å². The van der Waals surface area contributed by atoms with Crippen LogP contribution in [0.25, 0.3) is 11.5 Å². The van der Waals surface area contributed by atoms with Crippen LogP contribution in [-0.4, -0.2) is 53.4 Å². The summed E-state index contributed by atoms with van der Waals surface area (Å²) in [5, 5.41) is 8.28. The molecule has 1 aliphatic carbocycles. The van der Waals surface area contributed by atoms with Gasteiger partial charge >= 0.3 is 0 Å². The third-order valence-corrected chi connectivity index (χ3v) is 8.72. The molecule has 1 saturated carbocycles. The molecule has 2 aliphatic heterocycles. The summed E-state index contributed by atoms with van der Waals surface area (Å²) in [6, 6.07) is 6.12. The molecular formula is C20H25FN4O3S. The van der Waals surface area contributed by atoms with Gasteiger partial charge in [-0.2, -0.15) is 17.0 Å². The predicted octanol–water partition coefficient (Wildman–Crippen LogP) is 3.18. The van der Waals surface area contributed by atoms with Gasteiger partial charge in [-0.05, 0) is 55.7 Å². The molecule has 7 nitrogen and oxygen atoms in total. The highest BCUT2D eigenvalue weighted by molar-refractivity contribution is 7.86. The molecule has 1 spiro atoms. The van der Waals surface area contributed by atoms with Crippen LogP contribution in [0.4, 0.5) is 4.39 Å². The van der Waals surface area contributed by atoms with Crippen LogP contribution < -0.4 is 0 Å². The molecule has 1 atom stereocenters.